The van der Waals surface area contributed by atoms with Gasteiger partial charge in [0, 0.05) is 6.61 Å². The van der Waals surface area contributed by atoms with Crippen LogP contribution < -0.4 is 4.74 Å². The molecule has 0 heterocycles. The molecule has 3 nitrogen and oxygen atoms in total. The van der Waals surface area contributed by atoms with Gasteiger partial charge in [-0.05, 0) is 37.8 Å². The van der Waals surface area contributed by atoms with Crippen LogP contribution in [0.5, 0.6) is 5.75 Å². The fraction of sp³-hybridized carbons (Fsp3) is 0.588. The van der Waals surface area contributed by atoms with Crippen LogP contribution in [0.2, 0.25) is 0 Å². The smallest absolute Gasteiger partial charge is 0.194 e. The summed E-state index contributed by atoms with van der Waals surface area (Å²) in [7, 11) is 1.40. The fourth-order valence-corrected chi connectivity index (χ4v) is 3.05. The summed E-state index contributed by atoms with van der Waals surface area (Å²) in [4.78, 5) is 12.7. The van der Waals surface area contributed by atoms with E-state index in [1.165, 1.54) is 25.7 Å². The van der Waals surface area contributed by atoms with Crippen LogP contribution in [-0.2, 0) is 4.74 Å². The van der Waals surface area contributed by atoms with Crippen molar-refractivity contribution in [3.63, 3.8) is 0 Å². The highest BCUT2D eigenvalue weighted by molar-refractivity contribution is 6.00. The summed E-state index contributed by atoms with van der Waals surface area (Å²) in [6, 6.07) is 4.66. The molecule has 0 radical (unpaired) electrons. The second-order valence-corrected chi connectivity index (χ2v) is 5.46. The summed E-state index contributed by atoms with van der Waals surface area (Å²) in [6.45, 7) is 2.32. The van der Waals surface area contributed by atoms with Crippen molar-refractivity contribution in [1.29, 1.82) is 0 Å². The van der Waals surface area contributed by atoms with E-state index < -0.39 is 11.9 Å². The largest absolute Gasteiger partial charge is 0.494 e. The standard InChI is InChI=1S/C17H23FO3/c1-3-21-17(12-8-5-4-6-9-12)16(19)13-10-7-11-14(20-2)15(13)18/h7,10-12,17H,3-6,8-9H2,1-2H3. The highest BCUT2D eigenvalue weighted by Crippen LogP contribution is 2.31. The van der Waals surface area contributed by atoms with Crippen LogP contribution in [0.4, 0.5) is 4.39 Å². The predicted octanol–water partition coefficient (Wildman–Crippen LogP) is 4.00. The minimum Gasteiger partial charge on any atom is -0.494 e. The summed E-state index contributed by atoms with van der Waals surface area (Å²) in [5.41, 5.74) is 0.0679. The Morgan fingerprint density at radius 3 is 2.67 bits per heavy atom. The van der Waals surface area contributed by atoms with Gasteiger partial charge in [0.1, 0.15) is 6.10 Å². The minimum atomic E-state index is -0.592. The molecule has 1 atom stereocenters. The summed E-state index contributed by atoms with van der Waals surface area (Å²) >= 11 is 0. The number of Topliss-reactive ketones (excluding diaryl/α,β-unsaturated/α-hetero) is 1. The van der Waals surface area contributed by atoms with Crippen LogP contribution in [-0.4, -0.2) is 25.6 Å². The molecule has 1 aromatic carbocycles. The van der Waals surface area contributed by atoms with Gasteiger partial charge >= 0.3 is 0 Å². The molecule has 1 unspecified atom stereocenters. The summed E-state index contributed by atoms with van der Waals surface area (Å²) < 4.78 is 24.9. The van der Waals surface area contributed by atoms with Gasteiger partial charge in [-0.3, -0.25) is 4.79 Å². The molecule has 1 aliphatic rings. The zero-order valence-corrected chi connectivity index (χ0v) is 12.7. The third-order valence-electron chi connectivity index (χ3n) is 4.13. The molecule has 0 aromatic heterocycles. The van der Waals surface area contributed by atoms with Gasteiger partial charge in [-0.1, -0.05) is 25.3 Å². The Labute approximate surface area is 125 Å². The Bertz CT molecular complexity index is 481. The Kier molecular flexibility index (Phi) is 5.74. The molecular weight excluding hydrogens is 271 g/mol. The third-order valence-corrected chi connectivity index (χ3v) is 4.13. The second-order valence-electron chi connectivity index (χ2n) is 5.46. The van der Waals surface area contributed by atoms with E-state index in [1.807, 2.05) is 6.92 Å². The van der Waals surface area contributed by atoms with Gasteiger partial charge in [0.2, 0.25) is 0 Å². The number of benzene rings is 1. The Hall–Kier alpha value is -1.42. The number of carbonyl (C=O) groups excluding carboxylic acids is 1. The normalized spacial score (nSPS) is 17.5. The van der Waals surface area contributed by atoms with Crippen LogP contribution in [0.25, 0.3) is 0 Å². The van der Waals surface area contributed by atoms with Gasteiger partial charge in [0.25, 0.3) is 0 Å². The lowest BCUT2D eigenvalue weighted by atomic mass is 9.82. The van der Waals surface area contributed by atoms with E-state index in [2.05, 4.69) is 0 Å². The molecule has 0 saturated heterocycles. The third kappa shape index (κ3) is 3.62. The molecule has 1 fully saturated rings. The Morgan fingerprint density at radius 1 is 1.33 bits per heavy atom. The van der Waals surface area contributed by atoms with E-state index in [0.29, 0.717) is 6.61 Å². The van der Waals surface area contributed by atoms with E-state index in [1.54, 1.807) is 6.07 Å². The van der Waals surface area contributed by atoms with Crippen molar-refractivity contribution in [2.24, 2.45) is 5.92 Å². The van der Waals surface area contributed by atoms with Crippen molar-refractivity contribution in [2.45, 2.75) is 45.1 Å². The van der Waals surface area contributed by atoms with Crippen molar-refractivity contribution < 1.29 is 18.7 Å². The van der Waals surface area contributed by atoms with Crippen LogP contribution in [0.15, 0.2) is 18.2 Å². The SMILES string of the molecule is CCOC(C(=O)c1cccc(OC)c1F)C1CCCCC1. The number of carbonyl (C=O) groups is 1. The monoisotopic (exact) mass is 294 g/mol. The molecule has 0 amide bonds. The first-order valence-electron chi connectivity index (χ1n) is 7.67. The molecule has 1 saturated carbocycles. The molecule has 0 aliphatic heterocycles. The minimum absolute atomic E-state index is 0.0679. The Balaban J connectivity index is 2.25. The van der Waals surface area contributed by atoms with Gasteiger partial charge in [-0.25, -0.2) is 4.39 Å². The number of methoxy groups -OCH3 is 1. The first-order chi connectivity index (χ1) is 10.2. The van der Waals surface area contributed by atoms with Crippen LogP contribution in [0.1, 0.15) is 49.4 Å². The summed E-state index contributed by atoms with van der Waals surface area (Å²) in [5.74, 6) is -0.567. The van der Waals surface area contributed by atoms with E-state index in [9.17, 15) is 9.18 Å². The molecule has 0 N–H and O–H groups in total. The maximum absolute atomic E-state index is 14.3. The highest BCUT2D eigenvalue weighted by atomic mass is 19.1. The number of hydrogen-bond acceptors (Lipinski definition) is 3. The van der Waals surface area contributed by atoms with Crippen LogP contribution in [0.3, 0.4) is 0 Å². The van der Waals surface area contributed by atoms with E-state index in [4.69, 9.17) is 9.47 Å². The topological polar surface area (TPSA) is 35.5 Å². The van der Waals surface area contributed by atoms with E-state index >= 15 is 0 Å². The Morgan fingerprint density at radius 2 is 2.05 bits per heavy atom. The van der Waals surface area contributed by atoms with Gasteiger partial charge < -0.3 is 9.47 Å². The number of rotatable bonds is 6. The van der Waals surface area contributed by atoms with E-state index in [-0.39, 0.29) is 23.0 Å². The van der Waals surface area contributed by atoms with Gasteiger partial charge in [0.05, 0.1) is 12.7 Å². The average Bonchev–Trinajstić information content (AvgIpc) is 2.53. The molecule has 116 valence electrons. The number of hydrogen-bond donors (Lipinski definition) is 0. The van der Waals surface area contributed by atoms with Crippen molar-refractivity contribution in [3.05, 3.63) is 29.6 Å². The quantitative estimate of drug-likeness (QED) is 0.744. The lowest BCUT2D eigenvalue weighted by Gasteiger charge is -2.29. The van der Waals surface area contributed by atoms with Gasteiger partial charge in [-0.2, -0.15) is 0 Å². The molecule has 2 rings (SSSR count). The summed E-state index contributed by atoms with van der Waals surface area (Å²) in [6.07, 6.45) is 4.84. The lowest BCUT2D eigenvalue weighted by Crippen LogP contribution is -2.34. The zero-order valence-electron chi connectivity index (χ0n) is 12.7. The molecule has 0 spiro atoms. The van der Waals surface area contributed by atoms with Crippen LogP contribution in [0, 0.1) is 11.7 Å². The first kappa shape index (κ1) is 16.0. The highest BCUT2D eigenvalue weighted by Gasteiger charge is 2.32. The zero-order chi connectivity index (χ0) is 15.2. The van der Waals surface area contributed by atoms with Crippen molar-refractivity contribution in [1.82, 2.24) is 0 Å². The molecule has 4 heteroatoms. The number of halogens is 1. The summed E-state index contributed by atoms with van der Waals surface area (Å²) in [5, 5.41) is 0. The fourth-order valence-electron chi connectivity index (χ4n) is 3.05. The lowest BCUT2D eigenvalue weighted by molar-refractivity contribution is 0.0123. The predicted molar refractivity (Wildman–Crippen MR) is 79.3 cm³/mol. The van der Waals surface area contributed by atoms with E-state index in [0.717, 1.165) is 25.7 Å². The molecule has 21 heavy (non-hydrogen) atoms. The molecule has 0 bridgehead atoms. The first-order valence-corrected chi connectivity index (χ1v) is 7.67. The maximum Gasteiger partial charge on any atom is 0.194 e. The van der Waals surface area contributed by atoms with Crippen LogP contribution >= 0.6 is 0 Å². The molecular formula is C17H23FO3. The molecule has 1 aromatic rings. The maximum atomic E-state index is 14.3. The van der Waals surface area contributed by atoms with Gasteiger partial charge in [0.15, 0.2) is 17.3 Å². The average molecular weight is 294 g/mol. The van der Waals surface area contributed by atoms with Crippen molar-refractivity contribution >= 4 is 5.78 Å². The second kappa shape index (κ2) is 7.55. The number of ether oxygens (including phenoxy) is 2. The van der Waals surface area contributed by atoms with Crippen molar-refractivity contribution in [3.8, 4) is 5.75 Å². The van der Waals surface area contributed by atoms with Crippen molar-refractivity contribution in [2.75, 3.05) is 13.7 Å². The molecule has 1 aliphatic carbocycles. The van der Waals surface area contributed by atoms with Gasteiger partial charge in [-0.15, -0.1) is 0 Å². The number of ketones is 1.